The molecule has 0 spiro atoms. The molecule has 1 atom stereocenters. The molecule has 2 N–H and O–H groups in total. The van der Waals surface area contributed by atoms with Crippen molar-refractivity contribution >= 4 is 0 Å². The average Bonchev–Trinajstić information content (AvgIpc) is 2.44. The van der Waals surface area contributed by atoms with Gasteiger partial charge in [0.15, 0.2) is 0 Å². The fourth-order valence-corrected chi connectivity index (χ4v) is 3.73. The van der Waals surface area contributed by atoms with Crippen molar-refractivity contribution in [1.29, 1.82) is 0 Å². The summed E-state index contributed by atoms with van der Waals surface area (Å²) in [5.74, 6) is 0. The van der Waals surface area contributed by atoms with Crippen LogP contribution in [0.3, 0.4) is 0 Å². The zero-order valence-corrected chi connectivity index (χ0v) is 13.4. The van der Waals surface area contributed by atoms with E-state index in [1.54, 1.807) is 0 Å². The fraction of sp³-hybridized carbons (Fsp3) is 0.667. The van der Waals surface area contributed by atoms with E-state index in [1.807, 2.05) is 0 Å². The lowest BCUT2D eigenvalue weighted by atomic mass is 9.72. The van der Waals surface area contributed by atoms with Gasteiger partial charge >= 0.3 is 0 Å². The number of hydrogen-bond acceptors (Lipinski definition) is 2. The Bertz CT molecular complexity index is 396. The van der Waals surface area contributed by atoms with Crippen molar-refractivity contribution in [3.63, 3.8) is 0 Å². The molecule has 2 nitrogen and oxygen atoms in total. The summed E-state index contributed by atoms with van der Waals surface area (Å²) in [7, 11) is 0. The van der Waals surface area contributed by atoms with Gasteiger partial charge in [-0.3, -0.25) is 4.90 Å². The van der Waals surface area contributed by atoms with Gasteiger partial charge in [0.25, 0.3) is 0 Å². The number of rotatable bonds is 7. The quantitative estimate of drug-likeness (QED) is 0.811. The molecule has 1 aliphatic rings. The van der Waals surface area contributed by atoms with E-state index < -0.39 is 0 Å². The molecule has 1 unspecified atom stereocenters. The molecule has 0 amide bonds. The Kier molecular flexibility index (Phi) is 5.22. The highest BCUT2D eigenvalue weighted by Gasteiger charge is 2.42. The lowest BCUT2D eigenvalue weighted by Gasteiger charge is -2.53. The van der Waals surface area contributed by atoms with Crippen molar-refractivity contribution in [3.8, 4) is 0 Å². The zero-order chi connectivity index (χ0) is 14.6. The second-order valence-electron chi connectivity index (χ2n) is 6.53. The van der Waals surface area contributed by atoms with Crippen molar-refractivity contribution in [2.45, 2.75) is 59.0 Å². The van der Waals surface area contributed by atoms with E-state index in [1.165, 1.54) is 49.9 Å². The van der Waals surface area contributed by atoms with Crippen LogP contribution in [-0.2, 0) is 6.54 Å². The monoisotopic (exact) mass is 274 g/mol. The zero-order valence-electron chi connectivity index (χ0n) is 13.4. The summed E-state index contributed by atoms with van der Waals surface area (Å²) >= 11 is 0. The second-order valence-corrected chi connectivity index (χ2v) is 6.53. The number of benzene rings is 1. The normalized spacial score (nSPS) is 19.6. The maximum atomic E-state index is 5.66. The van der Waals surface area contributed by atoms with Crippen LogP contribution in [0.25, 0.3) is 0 Å². The molecule has 1 fully saturated rings. The van der Waals surface area contributed by atoms with E-state index in [0.717, 1.165) is 0 Å². The van der Waals surface area contributed by atoms with Crippen LogP contribution in [0.2, 0.25) is 0 Å². The molecule has 1 aromatic rings. The van der Waals surface area contributed by atoms with Crippen LogP contribution in [0.4, 0.5) is 0 Å². The summed E-state index contributed by atoms with van der Waals surface area (Å²) in [6.45, 7) is 10.1. The first-order valence-corrected chi connectivity index (χ1v) is 8.17. The van der Waals surface area contributed by atoms with E-state index in [2.05, 4.69) is 49.9 Å². The largest absolute Gasteiger partial charge is 0.326 e. The molecule has 1 aromatic carbocycles. The van der Waals surface area contributed by atoms with Gasteiger partial charge in [0.05, 0.1) is 0 Å². The van der Waals surface area contributed by atoms with Crippen LogP contribution in [-0.4, -0.2) is 18.0 Å². The average molecular weight is 274 g/mol. The molecule has 0 aliphatic carbocycles. The van der Waals surface area contributed by atoms with Crippen molar-refractivity contribution in [3.05, 3.63) is 35.4 Å². The van der Waals surface area contributed by atoms with Crippen LogP contribution >= 0.6 is 0 Å². The van der Waals surface area contributed by atoms with E-state index in [4.69, 9.17) is 5.73 Å². The lowest BCUT2D eigenvalue weighted by Crippen LogP contribution is -2.56. The van der Waals surface area contributed by atoms with E-state index in [0.29, 0.717) is 18.0 Å². The highest BCUT2D eigenvalue weighted by Crippen LogP contribution is 2.43. The third-order valence-corrected chi connectivity index (χ3v) is 4.88. The molecule has 0 bridgehead atoms. The minimum Gasteiger partial charge on any atom is -0.326 e. The predicted octanol–water partition coefficient (Wildman–Crippen LogP) is 4.11. The second kappa shape index (κ2) is 6.73. The van der Waals surface area contributed by atoms with Crippen LogP contribution in [0.15, 0.2) is 24.3 Å². The predicted molar refractivity (Wildman–Crippen MR) is 86.6 cm³/mol. The van der Waals surface area contributed by atoms with Crippen LogP contribution in [0.5, 0.6) is 0 Å². The fourth-order valence-electron chi connectivity index (χ4n) is 3.73. The van der Waals surface area contributed by atoms with Gasteiger partial charge in [-0.05, 0) is 36.3 Å². The third-order valence-electron chi connectivity index (χ3n) is 4.88. The number of nitrogens with two attached hydrogens (primary N) is 1. The van der Waals surface area contributed by atoms with E-state index in [9.17, 15) is 0 Å². The molecule has 0 aromatic heterocycles. The van der Waals surface area contributed by atoms with Gasteiger partial charge in [-0.2, -0.15) is 0 Å². The maximum Gasteiger partial charge on any atom is 0.0320 e. The Morgan fingerprint density at radius 1 is 1.10 bits per heavy atom. The molecule has 2 heteroatoms. The van der Waals surface area contributed by atoms with Crippen molar-refractivity contribution < 1.29 is 0 Å². The summed E-state index contributed by atoms with van der Waals surface area (Å²) in [6, 6.07) is 9.34. The Balaban J connectivity index is 1.96. The Morgan fingerprint density at radius 3 is 2.10 bits per heavy atom. The number of likely N-dealkylation sites (tertiary alicyclic amines) is 1. The first-order valence-electron chi connectivity index (χ1n) is 8.17. The molecular formula is C18H30N2. The molecule has 0 saturated carbocycles. The summed E-state index contributed by atoms with van der Waals surface area (Å²) in [6.07, 6.45) is 5.40. The van der Waals surface area contributed by atoms with Gasteiger partial charge in [0, 0.05) is 25.7 Å². The van der Waals surface area contributed by atoms with Crippen LogP contribution in [0, 0.1) is 5.41 Å². The summed E-state index contributed by atoms with van der Waals surface area (Å²) in [5, 5.41) is 0. The molecule has 20 heavy (non-hydrogen) atoms. The van der Waals surface area contributed by atoms with Crippen molar-refractivity contribution in [2.24, 2.45) is 11.1 Å². The van der Waals surface area contributed by atoms with E-state index in [-0.39, 0.29) is 0 Å². The lowest BCUT2D eigenvalue weighted by molar-refractivity contribution is -0.0404. The van der Waals surface area contributed by atoms with Crippen molar-refractivity contribution in [1.82, 2.24) is 4.90 Å². The standard InChI is InChI=1S/C18H30N2/c1-4-10-18(11-5-2)13-20(14-18)15(3)17-8-6-16(12-19)7-9-17/h6-9,15H,4-5,10-14,19H2,1-3H3. The van der Waals surface area contributed by atoms with Gasteiger partial charge in [-0.25, -0.2) is 0 Å². The first kappa shape index (κ1) is 15.5. The smallest absolute Gasteiger partial charge is 0.0320 e. The molecule has 0 radical (unpaired) electrons. The minimum atomic E-state index is 0.531. The first-order chi connectivity index (χ1) is 9.64. The topological polar surface area (TPSA) is 29.3 Å². The van der Waals surface area contributed by atoms with Gasteiger partial charge < -0.3 is 5.73 Å². The minimum absolute atomic E-state index is 0.531. The highest BCUT2D eigenvalue weighted by atomic mass is 15.2. The maximum absolute atomic E-state index is 5.66. The number of nitrogens with zero attached hydrogens (tertiary/aromatic N) is 1. The molecular weight excluding hydrogens is 244 g/mol. The molecule has 1 aliphatic heterocycles. The van der Waals surface area contributed by atoms with Gasteiger partial charge in [-0.1, -0.05) is 51.0 Å². The SMILES string of the molecule is CCCC1(CCC)CN(C(C)c2ccc(CN)cc2)C1. The Labute approximate surface area is 124 Å². The van der Waals surface area contributed by atoms with Crippen molar-refractivity contribution in [2.75, 3.05) is 13.1 Å². The molecule has 1 saturated heterocycles. The number of hydrogen-bond donors (Lipinski definition) is 1. The van der Waals surface area contributed by atoms with Crippen LogP contribution in [0.1, 0.15) is 63.6 Å². The molecule has 112 valence electrons. The third kappa shape index (κ3) is 3.24. The summed E-state index contributed by atoms with van der Waals surface area (Å²) in [5.41, 5.74) is 8.91. The van der Waals surface area contributed by atoms with Gasteiger partial charge in [0.1, 0.15) is 0 Å². The summed E-state index contributed by atoms with van der Waals surface area (Å²) in [4.78, 5) is 2.63. The Morgan fingerprint density at radius 2 is 1.65 bits per heavy atom. The molecule has 2 rings (SSSR count). The van der Waals surface area contributed by atoms with Crippen LogP contribution < -0.4 is 5.73 Å². The Hall–Kier alpha value is -0.860. The van der Waals surface area contributed by atoms with Gasteiger partial charge in [-0.15, -0.1) is 0 Å². The van der Waals surface area contributed by atoms with Gasteiger partial charge in [0.2, 0.25) is 0 Å². The molecule has 1 heterocycles. The highest BCUT2D eigenvalue weighted by molar-refractivity contribution is 5.25. The van der Waals surface area contributed by atoms with E-state index >= 15 is 0 Å². The summed E-state index contributed by atoms with van der Waals surface area (Å²) < 4.78 is 0.